The third-order valence-corrected chi connectivity index (χ3v) is 2.84. The van der Waals surface area contributed by atoms with Gasteiger partial charge < -0.3 is 5.32 Å². The van der Waals surface area contributed by atoms with Crippen molar-refractivity contribution in [3.63, 3.8) is 0 Å². The van der Waals surface area contributed by atoms with Crippen molar-refractivity contribution >= 4 is 17.9 Å². The van der Waals surface area contributed by atoms with Crippen molar-refractivity contribution in [1.82, 2.24) is 0 Å². The fourth-order valence-corrected chi connectivity index (χ4v) is 1.94. The van der Waals surface area contributed by atoms with E-state index in [2.05, 4.69) is 5.32 Å². The van der Waals surface area contributed by atoms with Crippen molar-refractivity contribution in [3.05, 3.63) is 53.6 Å². The number of aryl methyl sites for hydroxylation is 1. The second-order valence-electron chi connectivity index (χ2n) is 4.47. The molecule has 0 aliphatic heterocycles. The number of anilines is 1. The van der Waals surface area contributed by atoms with E-state index in [-0.39, 0.29) is 5.91 Å². The number of amides is 1. The summed E-state index contributed by atoms with van der Waals surface area (Å²) in [4.78, 5) is 21.9. The molecule has 0 unspecified atom stereocenters. The molecule has 0 aliphatic rings. The van der Waals surface area contributed by atoms with Gasteiger partial charge in [-0.25, -0.2) is 0 Å². The lowest BCUT2D eigenvalue weighted by atomic mass is 10.00. The minimum Gasteiger partial charge on any atom is -0.326 e. The lowest BCUT2D eigenvalue weighted by molar-refractivity contribution is -0.114. The van der Waals surface area contributed by atoms with Crippen LogP contribution in [0.5, 0.6) is 0 Å². The van der Waals surface area contributed by atoms with Crippen molar-refractivity contribution < 1.29 is 9.59 Å². The van der Waals surface area contributed by atoms with Crippen LogP contribution in [0.4, 0.5) is 5.69 Å². The number of carbonyl (C=O) groups excluding carboxylic acids is 2. The molecule has 0 saturated heterocycles. The third-order valence-electron chi connectivity index (χ3n) is 2.84. The summed E-state index contributed by atoms with van der Waals surface area (Å²) in [6, 6.07) is 13.1. The summed E-state index contributed by atoms with van der Waals surface area (Å²) in [6.07, 6.45) is 0.814. The van der Waals surface area contributed by atoms with Crippen LogP contribution in [0.25, 0.3) is 11.1 Å². The molecule has 2 rings (SSSR count). The number of rotatable bonds is 3. The SMILES string of the molecule is CC(=O)Nc1ccc(C)cc1-c1ccc(C=O)cc1. The highest BCUT2D eigenvalue weighted by Crippen LogP contribution is 2.29. The smallest absolute Gasteiger partial charge is 0.221 e. The van der Waals surface area contributed by atoms with Crippen molar-refractivity contribution in [2.24, 2.45) is 0 Å². The fraction of sp³-hybridized carbons (Fsp3) is 0.125. The van der Waals surface area contributed by atoms with Crippen molar-refractivity contribution in [1.29, 1.82) is 0 Å². The molecule has 1 amide bonds. The van der Waals surface area contributed by atoms with Crippen LogP contribution in [0.2, 0.25) is 0 Å². The maximum Gasteiger partial charge on any atom is 0.221 e. The van der Waals surface area contributed by atoms with Crippen LogP contribution < -0.4 is 5.32 Å². The molecule has 0 heterocycles. The number of hydrogen-bond acceptors (Lipinski definition) is 2. The second kappa shape index (κ2) is 5.48. The van der Waals surface area contributed by atoms with Gasteiger partial charge in [-0.15, -0.1) is 0 Å². The van der Waals surface area contributed by atoms with E-state index in [9.17, 15) is 9.59 Å². The van der Waals surface area contributed by atoms with E-state index in [1.807, 2.05) is 37.3 Å². The van der Waals surface area contributed by atoms with E-state index in [0.29, 0.717) is 5.56 Å². The minimum absolute atomic E-state index is 0.102. The van der Waals surface area contributed by atoms with Crippen LogP contribution in [-0.2, 0) is 4.79 Å². The van der Waals surface area contributed by atoms with Gasteiger partial charge in [0, 0.05) is 23.7 Å². The summed E-state index contributed by atoms with van der Waals surface area (Å²) in [7, 11) is 0. The van der Waals surface area contributed by atoms with E-state index in [4.69, 9.17) is 0 Å². The maximum atomic E-state index is 11.2. The minimum atomic E-state index is -0.102. The van der Waals surface area contributed by atoms with Crippen molar-refractivity contribution in [2.45, 2.75) is 13.8 Å². The Morgan fingerprint density at radius 2 is 1.79 bits per heavy atom. The zero-order valence-corrected chi connectivity index (χ0v) is 10.9. The molecule has 3 heteroatoms. The van der Waals surface area contributed by atoms with E-state index >= 15 is 0 Å². The summed E-state index contributed by atoms with van der Waals surface area (Å²) in [6.45, 7) is 3.49. The zero-order valence-electron chi connectivity index (χ0n) is 10.9. The first-order chi connectivity index (χ1) is 9.10. The van der Waals surface area contributed by atoms with Gasteiger partial charge in [-0.3, -0.25) is 9.59 Å². The summed E-state index contributed by atoms with van der Waals surface area (Å²) in [5.74, 6) is -0.102. The Labute approximate surface area is 112 Å². The Bertz CT molecular complexity index is 615. The lowest BCUT2D eigenvalue weighted by Gasteiger charge is -2.11. The Hall–Kier alpha value is -2.42. The molecule has 2 aromatic rings. The molecule has 19 heavy (non-hydrogen) atoms. The van der Waals surface area contributed by atoms with Gasteiger partial charge in [-0.05, 0) is 24.6 Å². The zero-order chi connectivity index (χ0) is 13.8. The number of carbonyl (C=O) groups is 2. The second-order valence-corrected chi connectivity index (χ2v) is 4.47. The van der Waals surface area contributed by atoms with Gasteiger partial charge in [0.2, 0.25) is 5.91 Å². The van der Waals surface area contributed by atoms with Gasteiger partial charge in [0.05, 0.1) is 0 Å². The van der Waals surface area contributed by atoms with Gasteiger partial charge in [0.25, 0.3) is 0 Å². The summed E-state index contributed by atoms with van der Waals surface area (Å²) in [5.41, 5.74) is 4.45. The molecule has 1 N–H and O–H groups in total. The molecule has 0 spiro atoms. The van der Waals surface area contributed by atoms with Crippen LogP contribution in [0, 0.1) is 6.92 Å². The van der Waals surface area contributed by atoms with E-state index in [0.717, 1.165) is 28.7 Å². The number of aldehydes is 1. The first-order valence-electron chi connectivity index (χ1n) is 6.04. The van der Waals surface area contributed by atoms with Crippen LogP contribution in [0.3, 0.4) is 0 Å². The fourth-order valence-electron chi connectivity index (χ4n) is 1.94. The molecule has 0 fully saturated rings. The number of benzene rings is 2. The molecule has 0 aliphatic carbocycles. The van der Waals surface area contributed by atoms with Gasteiger partial charge in [-0.1, -0.05) is 35.9 Å². The van der Waals surface area contributed by atoms with Gasteiger partial charge in [0.15, 0.2) is 0 Å². The Morgan fingerprint density at radius 1 is 1.11 bits per heavy atom. The van der Waals surface area contributed by atoms with Gasteiger partial charge in [0.1, 0.15) is 6.29 Å². The summed E-state index contributed by atoms with van der Waals surface area (Å²) >= 11 is 0. The molecule has 0 saturated carbocycles. The van der Waals surface area contributed by atoms with E-state index in [1.165, 1.54) is 6.92 Å². The molecule has 2 aromatic carbocycles. The highest BCUT2D eigenvalue weighted by molar-refractivity contribution is 5.94. The average molecular weight is 253 g/mol. The lowest BCUT2D eigenvalue weighted by Crippen LogP contribution is -2.07. The highest BCUT2D eigenvalue weighted by Gasteiger charge is 2.07. The Balaban J connectivity index is 2.48. The molecule has 96 valence electrons. The predicted octanol–water partition coefficient (Wildman–Crippen LogP) is 3.43. The highest BCUT2D eigenvalue weighted by atomic mass is 16.1. The van der Waals surface area contributed by atoms with E-state index < -0.39 is 0 Å². The number of hydrogen-bond donors (Lipinski definition) is 1. The Kier molecular flexibility index (Phi) is 3.76. The monoisotopic (exact) mass is 253 g/mol. The molecule has 0 radical (unpaired) electrons. The topological polar surface area (TPSA) is 46.2 Å². The summed E-state index contributed by atoms with van der Waals surface area (Å²) in [5, 5.41) is 2.82. The van der Waals surface area contributed by atoms with Crippen LogP contribution in [0.15, 0.2) is 42.5 Å². The van der Waals surface area contributed by atoms with Gasteiger partial charge in [-0.2, -0.15) is 0 Å². The molecular formula is C16H15NO2. The van der Waals surface area contributed by atoms with Crippen LogP contribution in [0.1, 0.15) is 22.8 Å². The van der Waals surface area contributed by atoms with Crippen LogP contribution >= 0.6 is 0 Å². The van der Waals surface area contributed by atoms with E-state index in [1.54, 1.807) is 12.1 Å². The normalized spacial score (nSPS) is 10.0. The summed E-state index contributed by atoms with van der Waals surface area (Å²) < 4.78 is 0. The first-order valence-corrected chi connectivity index (χ1v) is 6.04. The van der Waals surface area contributed by atoms with Gasteiger partial charge >= 0.3 is 0 Å². The predicted molar refractivity (Wildman–Crippen MR) is 76.3 cm³/mol. The molecular weight excluding hydrogens is 238 g/mol. The third kappa shape index (κ3) is 3.07. The molecule has 3 nitrogen and oxygen atoms in total. The number of nitrogens with one attached hydrogen (secondary N) is 1. The largest absolute Gasteiger partial charge is 0.326 e. The average Bonchev–Trinajstić information content (AvgIpc) is 2.40. The molecule has 0 atom stereocenters. The maximum absolute atomic E-state index is 11.2. The first kappa shape index (κ1) is 13.0. The molecule has 0 bridgehead atoms. The van der Waals surface area contributed by atoms with Crippen LogP contribution in [-0.4, -0.2) is 12.2 Å². The van der Waals surface area contributed by atoms with Crippen molar-refractivity contribution in [2.75, 3.05) is 5.32 Å². The van der Waals surface area contributed by atoms with Crippen molar-refractivity contribution in [3.8, 4) is 11.1 Å². The quantitative estimate of drug-likeness (QED) is 0.852. The molecule has 0 aromatic heterocycles. The standard InChI is InChI=1S/C16H15NO2/c1-11-3-8-16(17-12(2)19)15(9-11)14-6-4-13(10-18)5-7-14/h3-10H,1-2H3,(H,17,19). The Morgan fingerprint density at radius 3 is 2.37 bits per heavy atom.